The van der Waals surface area contributed by atoms with Crippen LogP contribution in [0.1, 0.15) is 34.2 Å². The number of benzene rings is 2. The first-order valence-electron chi connectivity index (χ1n) is 10.1. The van der Waals surface area contributed by atoms with Crippen molar-refractivity contribution in [3.05, 3.63) is 70.2 Å². The van der Waals surface area contributed by atoms with E-state index in [-0.39, 0.29) is 12.6 Å². The summed E-state index contributed by atoms with van der Waals surface area (Å²) in [5.74, 6) is -0.544. The van der Waals surface area contributed by atoms with E-state index in [1.165, 1.54) is 21.9 Å². The maximum absolute atomic E-state index is 11.2. The number of aromatic nitrogens is 1. The molecule has 0 spiro atoms. The molecular formula is C23H25N3O3S. The quantitative estimate of drug-likeness (QED) is 0.294. The molecule has 1 amide bonds. The van der Waals surface area contributed by atoms with Gasteiger partial charge in [-0.3, -0.25) is 14.9 Å². The van der Waals surface area contributed by atoms with Gasteiger partial charge in [0.2, 0.25) is 0 Å². The number of amides is 1. The molecule has 0 saturated carbocycles. The summed E-state index contributed by atoms with van der Waals surface area (Å²) in [4.78, 5) is 18.3. The van der Waals surface area contributed by atoms with Crippen LogP contribution in [-0.4, -0.2) is 45.8 Å². The first-order valence-corrected chi connectivity index (χ1v) is 10.9. The van der Waals surface area contributed by atoms with Crippen LogP contribution in [0.3, 0.4) is 0 Å². The summed E-state index contributed by atoms with van der Waals surface area (Å²) in [5.41, 5.74) is 6.14. The molecule has 1 aromatic heterocycles. The summed E-state index contributed by atoms with van der Waals surface area (Å²) < 4.78 is 1.21. The van der Waals surface area contributed by atoms with Crippen LogP contribution in [-0.2, 0) is 17.6 Å². The van der Waals surface area contributed by atoms with Gasteiger partial charge in [0, 0.05) is 31.6 Å². The normalized spacial score (nSPS) is 15.9. The Hall–Kier alpha value is -2.58. The van der Waals surface area contributed by atoms with E-state index in [4.69, 9.17) is 10.2 Å². The Labute approximate surface area is 179 Å². The highest BCUT2D eigenvalue weighted by Crippen LogP contribution is 2.36. The van der Waals surface area contributed by atoms with Gasteiger partial charge in [0.05, 0.1) is 21.8 Å². The fourth-order valence-electron chi connectivity index (χ4n) is 4.13. The Balaban J connectivity index is 1.47. The summed E-state index contributed by atoms with van der Waals surface area (Å²) in [6.45, 7) is 1.61. The lowest BCUT2D eigenvalue weighted by atomic mass is 10.0. The number of nitrogens with zero attached hydrogens (tertiary/aromatic N) is 2. The standard InChI is InChI=1S/C23H25N3O3S/c27-14-13-26(12-11-23-24-19-3-1-2-4-21(19)30-23)20-9-7-17-15-16(5-8-18(17)20)6-10-22(28)25-29/h1-6,8,10,15,20,27,29H,7,9,11-14H2,(H,25,28). The molecule has 1 aliphatic carbocycles. The number of rotatable bonds is 8. The summed E-state index contributed by atoms with van der Waals surface area (Å²) in [6.07, 6.45) is 5.85. The zero-order chi connectivity index (χ0) is 20.9. The number of para-hydroxylation sites is 1. The lowest BCUT2D eigenvalue weighted by Gasteiger charge is -2.28. The molecule has 0 bridgehead atoms. The Morgan fingerprint density at radius 3 is 2.93 bits per heavy atom. The molecule has 4 rings (SSSR count). The number of aliphatic hydroxyl groups excluding tert-OH is 1. The number of hydrogen-bond acceptors (Lipinski definition) is 6. The predicted molar refractivity (Wildman–Crippen MR) is 118 cm³/mol. The first-order chi connectivity index (χ1) is 14.7. The number of aryl methyl sites for hydroxylation is 1. The second-order valence-electron chi connectivity index (χ2n) is 7.41. The van der Waals surface area contributed by atoms with E-state index < -0.39 is 5.91 Å². The number of carbonyl (C=O) groups is 1. The van der Waals surface area contributed by atoms with Gasteiger partial charge < -0.3 is 5.11 Å². The van der Waals surface area contributed by atoms with E-state index in [1.807, 2.05) is 24.3 Å². The lowest BCUT2D eigenvalue weighted by Crippen LogP contribution is -2.32. The van der Waals surface area contributed by atoms with E-state index in [1.54, 1.807) is 22.9 Å². The second-order valence-corrected chi connectivity index (χ2v) is 8.52. The van der Waals surface area contributed by atoms with Crippen molar-refractivity contribution < 1.29 is 15.1 Å². The highest BCUT2D eigenvalue weighted by atomic mass is 32.1. The second kappa shape index (κ2) is 9.49. The van der Waals surface area contributed by atoms with Crippen molar-refractivity contribution in [1.82, 2.24) is 15.4 Å². The van der Waals surface area contributed by atoms with Gasteiger partial charge in [-0.05, 0) is 47.7 Å². The molecule has 1 aliphatic rings. The van der Waals surface area contributed by atoms with Gasteiger partial charge in [0.25, 0.3) is 5.91 Å². The number of hydrogen-bond donors (Lipinski definition) is 3. The fraction of sp³-hybridized carbons (Fsp3) is 0.304. The Bertz CT molecular complexity index is 1030. The first kappa shape index (κ1) is 20.7. The Kier molecular flexibility index (Phi) is 6.54. The van der Waals surface area contributed by atoms with Gasteiger partial charge in [-0.1, -0.05) is 30.3 Å². The minimum Gasteiger partial charge on any atom is -0.395 e. The smallest absolute Gasteiger partial charge is 0.267 e. The van der Waals surface area contributed by atoms with E-state index in [2.05, 4.69) is 23.1 Å². The molecule has 30 heavy (non-hydrogen) atoms. The van der Waals surface area contributed by atoms with E-state index in [9.17, 15) is 9.90 Å². The minimum absolute atomic E-state index is 0.128. The van der Waals surface area contributed by atoms with Crippen molar-refractivity contribution in [3.8, 4) is 0 Å². The molecule has 0 radical (unpaired) electrons. The predicted octanol–water partition coefficient (Wildman–Crippen LogP) is 3.34. The highest BCUT2D eigenvalue weighted by molar-refractivity contribution is 7.18. The van der Waals surface area contributed by atoms with Gasteiger partial charge in [0.1, 0.15) is 0 Å². The summed E-state index contributed by atoms with van der Waals surface area (Å²) in [6, 6.07) is 14.7. The Morgan fingerprint density at radius 1 is 1.27 bits per heavy atom. The number of fused-ring (bicyclic) bond motifs is 2. The van der Waals surface area contributed by atoms with Gasteiger partial charge in [-0.15, -0.1) is 11.3 Å². The van der Waals surface area contributed by atoms with Crippen LogP contribution in [0.5, 0.6) is 0 Å². The van der Waals surface area contributed by atoms with E-state index in [0.29, 0.717) is 6.54 Å². The molecule has 1 atom stereocenters. The summed E-state index contributed by atoms with van der Waals surface area (Å²) in [5, 5.41) is 19.4. The van der Waals surface area contributed by atoms with Gasteiger partial charge in [-0.25, -0.2) is 10.5 Å². The van der Waals surface area contributed by atoms with Crippen LogP contribution >= 0.6 is 11.3 Å². The molecule has 156 valence electrons. The topological polar surface area (TPSA) is 85.7 Å². The third kappa shape index (κ3) is 4.60. The SMILES string of the molecule is O=C(C=Cc1ccc2c(c1)CCC2N(CCO)CCc1nc2ccccc2s1)NO. The van der Waals surface area contributed by atoms with Crippen molar-refractivity contribution in [3.63, 3.8) is 0 Å². The third-order valence-corrected chi connectivity index (χ3v) is 6.63. The molecule has 2 aromatic carbocycles. The van der Waals surface area contributed by atoms with Crippen LogP contribution in [0.25, 0.3) is 16.3 Å². The third-order valence-electron chi connectivity index (χ3n) is 5.53. The van der Waals surface area contributed by atoms with Crippen molar-refractivity contribution in [1.29, 1.82) is 0 Å². The molecule has 0 fully saturated rings. The lowest BCUT2D eigenvalue weighted by molar-refractivity contribution is -0.124. The zero-order valence-corrected chi connectivity index (χ0v) is 17.4. The van der Waals surface area contributed by atoms with Gasteiger partial charge in [-0.2, -0.15) is 0 Å². The maximum Gasteiger partial charge on any atom is 0.267 e. The van der Waals surface area contributed by atoms with Crippen LogP contribution in [0.15, 0.2) is 48.5 Å². The van der Waals surface area contributed by atoms with Crippen LogP contribution < -0.4 is 5.48 Å². The number of aliphatic hydroxyl groups is 1. The van der Waals surface area contributed by atoms with Gasteiger partial charge in [0.15, 0.2) is 0 Å². The number of carbonyl (C=O) groups excluding carboxylic acids is 1. The van der Waals surface area contributed by atoms with Crippen molar-refractivity contribution in [2.75, 3.05) is 19.7 Å². The molecular weight excluding hydrogens is 398 g/mol. The number of thiazole rings is 1. The largest absolute Gasteiger partial charge is 0.395 e. The molecule has 3 aromatic rings. The van der Waals surface area contributed by atoms with E-state index >= 15 is 0 Å². The van der Waals surface area contributed by atoms with Crippen molar-refractivity contribution in [2.45, 2.75) is 25.3 Å². The fourth-order valence-corrected chi connectivity index (χ4v) is 5.08. The molecule has 1 heterocycles. The molecule has 7 heteroatoms. The molecule has 3 N–H and O–H groups in total. The highest BCUT2D eigenvalue weighted by Gasteiger charge is 2.27. The molecule has 6 nitrogen and oxygen atoms in total. The monoisotopic (exact) mass is 423 g/mol. The number of nitrogens with one attached hydrogen (secondary N) is 1. The number of hydroxylamine groups is 1. The zero-order valence-electron chi connectivity index (χ0n) is 16.6. The van der Waals surface area contributed by atoms with Crippen LogP contribution in [0, 0.1) is 0 Å². The maximum atomic E-state index is 11.2. The average Bonchev–Trinajstić information content (AvgIpc) is 3.38. The molecule has 0 aliphatic heterocycles. The molecule has 1 unspecified atom stereocenters. The van der Waals surface area contributed by atoms with E-state index in [0.717, 1.165) is 41.9 Å². The summed E-state index contributed by atoms with van der Waals surface area (Å²) >= 11 is 1.74. The van der Waals surface area contributed by atoms with Crippen LogP contribution in [0.2, 0.25) is 0 Å². The summed E-state index contributed by atoms with van der Waals surface area (Å²) in [7, 11) is 0. The Morgan fingerprint density at radius 2 is 2.13 bits per heavy atom. The molecule has 0 saturated heterocycles. The minimum atomic E-state index is -0.544. The van der Waals surface area contributed by atoms with Crippen molar-refractivity contribution in [2.24, 2.45) is 0 Å². The van der Waals surface area contributed by atoms with Crippen molar-refractivity contribution >= 4 is 33.5 Å². The van der Waals surface area contributed by atoms with Crippen LogP contribution in [0.4, 0.5) is 0 Å². The average molecular weight is 424 g/mol. The van der Waals surface area contributed by atoms with Gasteiger partial charge >= 0.3 is 0 Å².